The van der Waals surface area contributed by atoms with Crippen molar-refractivity contribution in [3.05, 3.63) is 40.8 Å². The van der Waals surface area contributed by atoms with E-state index in [1.807, 2.05) is 0 Å². The zero-order chi connectivity index (χ0) is 16.4. The summed E-state index contributed by atoms with van der Waals surface area (Å²) in [5.41, 5.74) is 1.17. The highest BCUT2D eigenvalue weighted by Gasteiger charge is 2.17. The van der Waals surface area contributed by atoms with E-state index >= 15 is 0 Å². The first-order valence-electron chi connectivity index (χ1n) is 6.84. The fraction of sp³-hybridized carbons (Fsp3) is 0.200. The van der Waals surface area contributed by atoms with Gasteiger partial charge in [0.2, 0.25) is 0 Å². The van der Waals surface area contributed by atoms with Gasteiger partial charge >= 0.3 is 6.03 Å². The smallest absolute Gasteiger partial charge is 0.321 e. The van der Waals surface area contributed by atoms with Gasteiger partial charge in [-0.1, -0.05) is 0 Å². The summed E-state index contributed by atoms with van der Waals surface area (Å²) >= 11 is 3.22. The van der Waals surface area contributed by atoms with Gasteiger partial charge in [-0.15, -0.1) is 0 Å². The predicted molar refractivity (Wildman–Crippen MR) is 87.5 cm³/mol. The van der Waals surface area contributed by atoms with Crippen LogP contribution in [-0.4, -0.2) is 30.5 Å². The Balaban J connectivity index is 1.64. The van der Waals surface area contributed by atoms with Crippen LogP contribution in [0.5, 0.6) is 5.75 Å². The highest BCUT2D eigenvalue weighted by Crippen LogP contribution is 2.30. The number of anilines is 2. The number of benzene rings is 1. The molecule has 0 saturated carbocycles. The third-order valence-electron chi connectivity index (χ3n) is 3.23. The number of hydrogen-bond donors (Lipinski definition) is 2. The van der Waals surface area contributed by atoms with Crippen LogP contribution in [0.1, 0.15) is 5.76 Å². The SMILES string of the molecule is CN(Cc1ccc(Br)o1)C(=O)Nc1ccc2c(c1)OCC(=O)N2. The van der Waals surface area contributed by atoms with Gasteiger partial charge in [-0.05, 0) is 40.2 Å². The Morgan fingerprint density at radius 3 is 2.96 bits per heavy atom. The van der Waals surface area contributed by atoms with Gasteiger partial charge in [-0.25, -0.2) is 4.79 Å². The summed E-state index contributed by atoms with van der Waals surface area (Å²) in [4.78, 5) is 24.9. The Labute approximate surface area is 140 Å². The Morgan fingerprint density at radius 2 is 2.22 bits per heavy atom. The lowest BCUT2D eigenvalue weighted by molar-refractivity contribution is -0.118. The second-order valence-electron chi connectivity index (χ2n) is 5.04. The van der Waals surface area contributed by atoms with E-state index in [2.05, 4.69) is 26.6 Å². The maximum absolute atomic E-state index is 12.2. The second kappa shape index (κ2) is 6.33. The van der Waals surface area contributed by atoms with Crippen molar-refractivity contribution < 1.29 is 18.7 Å². The number of rotatable bonds is 3. The van der Waals surface area contributed by atoms with Crippen molar-refractivity contribution in [2.45, 2.75) is 6.54 Å². The van der Waals surface area contributed by atoms with Gasteiger partial charge in [-0.3, -0.25) is 4.79 Å². The van der Waals surface area contributed by atoms with E-state index < -0.39 is 0 Å². The van der Waals surface area contributed by atoms with Crippen LogP contribution in [0.25, 0.3) is 0 Å². The highest BCUT2D eigenvalue weighted by atomic mass is 79.9. The molecule has 8 heteroatoms. The molecule has 7 nitrogen and oxygen atoms in total. The monoisotopic (exact) mass is 379 g/mol. The zero-order valence-corrected chi connectivity index (χ0v) is 13.8. The average molecular weight is 380 g/mol. The van der Waals surface area contributed by atoms with Gasteiger partial charge in [0, 0.05) is 18.8 Å². The molecule has 2 aromatic rings. The van der Waals surface area contributed by atoms with Gasteiger partial charge in [0.05, 0.1) is 12.2 Å². The van der Waals surface area contributed by atoms with Crippen LogP contribution in [0.3, 0.4) is 0 Å². The first-order chi connectivity index (χ1) is 11.0. The number of carbonyl (C=O) groups is 2. The van der Waals surface area contributed by atoms with Crippen LogP contribution in [0.4, 0.5) is 16.2 Å². The average Bonchev–Trinajstić information content (AvgIpc) is 2.92. The summed E-state index contributed by atoms with van der Waals surface area (Å²) in [7, 11) is 1.67. The standard InChI is InChI=1S/C15H14BrN3O4/c1-19(7-10-3-5-13(16)23-10)15(21)17-9-2-4-11-12(6-9)22-8-14(20)18-11/h2-6H,7-8H2,1H3,(H,17,21)(H,18,20). The van der Waals surface area contributed by atoms with E-state index in [-0.39, 0.29) is 18.5 Å². The summed E-state index contributed by atoms with van der Waals surface area (Å²) in [6, 6.07) is 8.34. The maximum Gasteiger partial charge on any atom is 0.321 e. The maximum atomic E-state index is 12.2. The number of fused-ring (bicyclic) bond motifs is 1. The quantitative estimate of drug-likeness (QED) is 0.858. The third-order valence-corrected chi connectivity index (χ3v) is 3.66. The molecule has 2 N–H and O–H groups in total. The lowest BCUT2D eigenvalue weighted by Crippen LogP contribution is -2.31. The lowest BCUT2D eigenvalue weighted by Gasteiger charge is -2.20. The molecule has 2 heterocycles. The lowest BCUT2D eigenvalue weighted by atomic mass is 10.2. The molecule has 0 fully saturated rings. The van der Waals surface area contributed by atoms with Crippen LogP contribution >= 0.6 is 15.9 Å². The van der Waals surface area contributed by atoms with E-state index in [4.69, 9.17) is 9.15 Å². The molecule has 1 aromatic heterocycles. The van der Waals surface area contributed by atoms with Crippen LogP contribution in [0.15, 0.2) is 39.4 Å². The van der Waals surface area contributed by atoms with E-state index in [1.54, 1.807) is 37.4 Å². The van der Waals surface area contributed by atoms with E-state index in [9.17, 15) is 9.59 Å². The van der Waals surface area contributed by atoms with Gasteiger partial charge in [0.1, 0.15) is 11.5 Å². The molecule has 3 amide bonds. The Kier molecular flexibility index (Phi) is 4.24. The summed E-state index contributed by atoms with van der Waals surface area (Å²) in [6.45, 7) is 0.312. The number of hydrogen-bond acceptors (Lipinski definition) is 4. The molecule has 0 aliphatic carbocycles. The molecule has 3 rings (SSSR count). The Morgan fingerprint density at radius 1 is 1.39 bits per heavy atom. The summed E-state index contributed by atoms with van der Waals surface area (Å²) < 4.78 is 11.3. The topological polar surface area (TPSA) is 83.8 Å². The van der Waals surface area contributed by atoms with Crippen LogP contribution in [0, 0.1) is 0 Å². The molecule has 23 heavy (non-hydrogen) atoms. The van der Waals surface area contributed by atoms with Crippen molar-refractivity contribution in [1.82, 2.24) is 4.90 Å². The molecule has 0 saturated heterocycles. The Hall–Kier alpha value is -2.48. The number of halogens is 1. The second-order valence-corrected chi connectivity index (χ2v) is 5.82. The van der Waals surface area contributed by atoms with E-state index in [0.29, 0.717) is 34.1 Å². The molecule has 0 radical (unpaired) electrons. The van der Waals surface area contributed by atoms with Crippen molar-refractivity contribution in [1.29, 1.82) is 0 Å². The molecule has 0 atom stereocenters. The first kappa shape index (κ1) is 15.4. The minimum atomic E-state index is -0.280. The van der Waals surface area contributed by atoms with Crippen molar-refractivity contribution in [3.8, 4) is 5.75 Å². The Bertz CT molecular complexity index is 759. The molecule has 0 bridgehead atoms. The number of nitrogens with one attached hydrogen (secondary N) is 2. The third kappa shape index (κ3) is 3.65. The van der Waals surface area contributed by atoms with Crippen LogP contribution in [-0.2, 0) is 11.3 Å². The number of carbonyl (C=O) groups excluding carboxylic acids is 2. The highest BCUT2D eigenvalue weighted by molar-refractivity contribution is 9.10. The molecule has 1 aromatic carbocycles. The number of amides is 3. The van der Waals surface area contributed by atoms with Crippen LogP contribution < -0.4 is 15.4 Å². The fourth-order valence-corrected chi connectivity index (χ4v) is 2.45. The number of ether oxygens (including phenoxy) is 1. The number of furan rings is 1. The predicted octanol–water partition coefficient (Wildman–Crippen LogP) is 3.04. The number of nitrogens with zero attached hydrogens (tertiary/aromatic N) is 1. The van der Waals surface area contributed by atoms with E-state index in [0.717, 1.165) is 0 Å². The molecular weight excluding hydrogens is 366 g/mol. The normalized spacial score (nSPS) is 12.9. The van der Waals surface area contributed by atoms with Crippen molar-refractivity contribution in [3.63, 3.8) is 0 Å². The van der Waals surface area contributed by atoms with Crippen molar-refractivity contribution in [2.24, 2.45) is 0 Å². The minimum absolute atomic E-state index is 0.0301. The molecule has 1 aliphatic rings. The van der Waals surface area contributed by atoms with Gasteiger partial charge in [0.15, 0.2) is 11.3 Å². The summed E-state index contributed by atoms with van der Waals surface area (Å²) in [5.74, 6) is 1.00. The van der Waals surface area contributed by atoms with Crippen molar-refractivity contribution in [2.75, 3.05) is 24.3 Å². The summed E-state index contributed by atoms with van der Waals surface area (Å²) in [6.07, 6.45) is 0. The van der Waals surface area contributed by atoms with Gasteiger partial charge in [-0.2, -0.15) is 0 Å². The molecule has 1 aliphatic heterocycles. The summed E-state index contributed by atoms with van der Waals surface area (Å²) in [5, 5.41) is 5.47. The zero-order valence-electron chi connectivity index (χ0n) is 12.3. The molecule has 120 valence electrons. The van der Waals surface area contributed by atoms with Crippen LogP contribution in [0.2, 0.25) is 0 Å². The largest absolute Gasteiger partial charge is 0.482 e. The minimum Gasteiger partial charge on any atom is -0.482 e. The first-order valence-corrected chi connectivity index (χ1v) is 7.63. The van der Waals surface area contributed by atoms with Gasteiger partial charge in [0.25, 0.3) is 5.91 Å². The van der Waals surface area contributed by atoms with E-state index in [1.165, 1.54) is 4.90 Å². The molecule has 0 unspecified atom stereocenters. The molecule has 0 spiro atoms. The number of urea groups is 1. The fourth-order valence-electron chi connectivity index (χ4n) is 2.11. The molecular formula is C15H14BrN3O4. The van der Waals surface area contributed by atoms with Crippen molar-refractivity contribution >= 4 is 39.2 Å². The van der Waals surface area contributed by atoms with Gasteiger partial charge < -0.3 is 24.7 Å².